The van der Waals surface area contributed by atoms with Crippen LogP contribution in [0, 0.1) is 0 Å². The van der Waals surface area contributed by atoms with Crippen molar-refractivity contribution in [1.29, 1.82) is 0 Å². The van der Waals surface area contributed by atoms with Gasteiger partial charge in [0.2, 0.25) is 0 Å². The number of rotatable bonds is 6. The molecule has 230 valence electrons. The van der Waals surface area contributed by atoms with Crippen LogP contribution in [0.25, 0.3) is 65.7 Å². The molecule has 0 bridgehead atoms. The van der Waals surface area contributed by atoms with Crippen LogP contribution < -0.4 is 4.90 Å². The SMILES string of the molecule is c1ccc(-c2ccccc2N(c2ccc3c(ccc4ccccc43)c2)c2ccccc2-c2cccc(-c3cccc4ccccc34)c2)cc1. The van der Waals surface area contributed by atoms with E-state index in [4.69, 9.17) is 0 Å². The normalized spacial score (nSPS) is 11.3. The van der Waals surface area contributed by atoms with Crippen LogP contribution in [0.2, 0.25) is 0 Å². The highest BCUT2D eigenvalue weighted by Gasteiger charge is 2.21. The summed E-state index contributed by atoms with van der Waals surface area (Å²) in [6, 6.07) is 72.5. The van der Waals surface area contributed by atoms with Crippen LogP contribution in [0.15, 0.2) is 200 Å². The molecule has 0 heterocycles. The summed E-state index contributed by atoms with van der Waals surface area (Å²) in [6.07, 6.45) is 0. The Hall–Kier alpha value is -6.44. The molecule has 0 spiro atoms. The number of anilines is 3. The van der Waals surface area contributed by atoms with E-state index in [0.717, 1.165) is 17.1 Å². The predicted octanol–water partition coefficient (Wildman–Crippen LogP) is 13.6. The summed E-state index contributed by atoms with van der Waals surface area (Å²) in [4.78, 5) is 2.44. The van der Waals surface area contributed by atoms with Crippen LogP contribution >= 0.6 is 0 Å². The van der Waals surface area contributed by atoms with Gasteiger partial charge in [-0.3, -0.25) is 0 Å². The monoisotopic (exact) mass is 623 g/mol. The highest BCUT2D eigenvalue weighted by atomic mass is 15.1. The first kappa shape index (κ1) is 28.8. The van der Waals surface area contributed by atoms with E-state index >= 15 is 0 Å². The molecule has 1 heteroatoms. The minimum Gasteiger partial charge on any atom is -0.309 e. The van der Waals surface area contributed by atoms with E-state index < -0.39 is 0 Å². The molecule has 0 fully saturated rings. The second-order valence-electron chi connectivity index (χ2n) is 12.5. The van der Waals surface area contributed by atoms with Crippen molar-refractivity contribution in [2.45, 2.75) is 0 Å². The molecule has 0 unspecified atom stereocenters. The molecule has 0 aliphatic heterocycles. The number of fused-ring (bicyclic) bond motifs is 4. The molecule has 0 saturated carbocycles. The van der Waals surface area contributed by atoms with Gasteiger partial charge in [-0.25, -0.2) is 0 Å². The van der Waals surface area contributed by atoms with Crippen molar-refractivity contribution >= 4 is 49.4 Å². The predicted molar refractivity (Wildman–Crippen MR) is 210 cm³/mol. The zero-order chi connectivity index (χ0) is 32.6. The Morgan fingerprint density at radius 2 is 0.755 bits per heavy atom. The highest BCUT2D eigenvalue weighted by Crippen LogP contribution is 2.46. The van der Waals surface area contributed by atoms with E-state index in [-0.39, 0.29) is 0 Å². The number of benzene rings is 9. The van der Waals surface area contributed by atoms with E-state index in [0.29, 0.717) is 0 Å². The zero-order valence-corrected chi connectivity index (χ0v) is 27.0. The molecule has 0 radical (unpaired) electrons. The van der Waals surface area contributed by atoms with Gasteiger partial charge in [-0.2, -0.15) is 0 Å². The van der Waals surface area contributed by atoms with Gasteiger partial charge in [0.05, 0.1) is 11.4 Å². The van der Waals surface area contributed by atoms with Gasteiger partial charge in [0.25, 0.3) is 0 Å². The Bertz CT molecular complexity index is 2610. The molecule has 0 atom stereocenters. The molecule has 0 amide bonds. The Morgan fingerprint density at radius 1 is 0.265 bits per heavy atom. The van der Waals surface area contributed by atoms with Crippen molar-refractivity contribution in [2.75, 3.05) is 4.90 Å². The smallest absolute Gasteiger partial charge is 0.0540 e. The standard InChI is InChI=1S/C48H33N/c1-2-14-35(15-3-1)45-23-8-10-26-47(45)49(40-30-31-44-39(33-40)29-28-36-17-5-7-22-42(36)44)48-27-11-9-24-46(48)38-20-12-19-37(32-38)43-25-13-18-34-16-4-6-21-41(34)43/h1-33H. The summed E-state index contributed by atoms with van der Waals surface area (Å²) in [5.74, 6) is 0. The maximum Gasteiger partial charge on any atom is 0.0540 e. The average Bonchev–Trinajstić information content (AvgIpc) is 3.18. The second kappa shape index (κ2) is 12.3. The molecule has 9 rings (SSSR count). The third kappa shape index (κ3) is 5.23. The fraction of sp³-hybridized carbons (Fsp3) is 0. The molecule has 1 nitrogen and oxygen atoms in total. The molecule has 9 aromatic carbocycles. The van der Waals surface area contributed by atoms with E-state index in [9.17, 15) is 0 Å². The number of hydrogen-bond acceptors (Lipinski definition) is 1. The second-order valence-corrected chi connectivity index (χ2v) is 12.5. The van der Waals surface area contributed by atoms with Crippen molar-refractivity contribution in [3.8, 4) is 33.4 Å². The molecular weight excluding hydrogens is 591 g/mol. The van der Waals surface area contributed by atoms with Gasteiger partial charge in [-0.15, -0.1) is 0 Å². The molecule has 0 aliphatic rings. The van der Waals surface area contributed by atoms with Gasteiger partial charge in [0.15, 0.2) is 0 Å². The van der Waals surface area contributed by atoms with Gasteiger partial charge in [-0.1, -0.05) is 170 Å². The lowest BCUT2D eigenvalue weighted by molar-refractivity contribution is 1.29. The maximum atomic E-state index is 2.44. The Morgan fingerprint density at radius 3 is 1.53 bits per heavy atom. The summed E-state index contributed by atoms with van der Waals surface area (Å²) in [5.41, 5.74) is 10.5. The van der Waals surface area contributed by atoms with Crippen molar-refractivity contribution in [3.05, 3.63) is 200 Å². The number of para-hydroxylation sites is 2. The van der Waals surface area contributed by atoms with Gasteiger partial charge in [-0.05, 0) is 84.9 Å². The van der Waals surface area contributed by atoms with E-state index in [1.54, 1.807) is 0 Å². The van der Waals surface area contributed by atoms with Crippen LogP contribution in [-0.4, -0.2) is 0 Å². The minimum absolute atomic E-state index is 1.11. The molecular formula is C48H33N. The zero-order valence-electron chi connectivity index (χ0n) is 27.0. The lowest BCUT2D eigenvalue weighted by Crippen LogP contribution is -2.12. The number of hydrogen-bond donors (Lipinski definition) is 0. The van der Waals surface area contributed by atoms with Gasteiger partial charge in [0, 0.05) is 16.8 Å². The van der Waals surface area contributed by atoms with Crippen LogP contribution in [0.4, 0.5) is 17.1 Å². The van der Waals surface area contributed by atoms with Gasteiger partial charge >= 0.3 is 0 Å². The average molecular weight is 624 g/mol. The highest BCUT2D eigenvalue weighted by molar-refractivity contribution is 6.09. The Labute approximate surface area is 287 Å². The van der Waals surface area contributed by atoms with Crippen molar-refractivity contribution < 1.29 is 0 Å². The Balaban J connectivity index is 1.27. The molecule has 9 aromatic rings. The van der Waals surface area contributed by atoms with Crippen molar-refractivity contribution in [1.82, 2.24) is 0 Å². The molecule has 0 saturated heterocycles. The van der Waals surface area contributed by atoms with E-state index in [1.807, 2.05) is 0 Å². The topological polar surface area (TPSA) is 3.24 Å². The summed E-state index contributed by atoms with van der Waals surface area (Å²) < 4.78 is 0. The van der Waals surface area contributed by atoms with E-state index in [2.05, 4.69) is 205 Å². The van der Waals surface area contributed by atoms with Crippen LogP contribution in [-0.2, 0) is 0 Å². The third-order valence-electron chi connectivity index (χ3n) is 9.64. The Kier molecular flexibility index (Phi) is 7.22. The summed E-state index contributed by atoms with van der Waals surface area (Å²) in [5, 5.41) is 7.51. The molecule has 0 N–H and O–H groups in total. The quantitative estimate of drug-likeness (QED) is 0.167. The molecule has 0 aliphatic carbocycles. The first-order valence-corrected chi connectivity index (χ1v) is 16.9. The van der Waals surface area contributed by atoms with E-state index in [1.165, 1.54) is 65.7 Å². The first-order chi connectivity index (χ1) is 24.3. The minimum atomic E-state index is 1.11. The van der Waals surface area contributed by atoms with Crippen LogP contribution in [0.5, 0.6) is 0 Å². The summed E-state index contributed by atoms with van der Waals surface area (Å²) in [7, 11) is 0. The summed E-state index contributed by atoms with van der Waals surface area (Å²) in [6.45, 7) is 0. The maximum absolute atomic E-state index is 2.44. The number of nitrogens with zero attached hydrogens (tertiary/aromatic N) is 1. The van der Waals surface area contributed by atoms with Gasteiger partial charge in [0.1, 0.15) is 0 Å². The first-order valence-electron chi connectivity index (χ1n) is 16.9. The lowest BCUT2D eigenvalue weighted by Gasteiger charge is -2.30. The lowest BCUT2D eigenvalue weighted by atomic mass is 9.94. The van der Waals surface area contributed by atoms with Crippen molar-refractivity contribution in [3.63, 3.8) is 0 Å². The van der Waals surface area contributed by atoms with Crippen LogP contribution in [0.1, 0.15) is 0 Å². The third-order valence-corrected chi connectivity index (χ3v) is 9.64. The fourth-order valence-electron chi connectivity index (χ4n) is 7.32. The molecule has 49 heavy (non-hydrogen) atoms. The van der Waals surface area contributed by atoms with Gasteiger partial charge < -0.3 is 4.90 Å². The van der Waals surface area contributed by atoms with Crippen molar-refractivity contribution in [2.24, 2.45) is 0 Å². The fourth-order valence-corrected chi connectivity index (χ4v) is 7.32. The largest absolute Gasteiger partial charge is 0.309 e. The molecule has 0 aromatic heterocycles. The summed E-state index contributed by atoms with van der Waals surface area (Å²) >= 11 is 0. The van der Waals surface area contributed by atoms with Crippen LogP contribution in [0.3, 0.4) is 0 Å².